The van der Waals surface area contributed by atoms with E-state index >= 15 is 0 Å². The Hall–Kier alpha value is -1.80. The molecule has 0 aromatic heterocycles. The van der Waals surface area contributed by atoms with Gasteiger partial charge in [-0.1, -0.05) is 40.5 Å². The van der Waals surface area contributed by atoms with E-state index in [4.69, 9.17) is 10.2 Å². The highest BCUT2D eigenvalue weighted by Crippen LogP contribution is 2.18. The van der Waals surface area contributed by atoms with Crippen LogP contribution in [0.2, 0.25) is 0 Å². The van der Waals surface area contributed by atoms with E-state index in [0.717, 1.165) is 0 Å². The summed E-state index contributed by atoms with van der Waals surface area (Å²) in [5.74, 6) is -3.89. The number of ketones is 2. The van der Waals surface area contributed by atoms with Crippen LogP contribution in [0, 0.1) is 23.7 Å². The van der Waals surface area contributed by atoms with Crippen LogP contribution in [0.25, 0.3) is 0 Å². The molecule has 0 saturated carbocycles. The highest BCUT2D eigenvalue weighted by molar-refractivity contribution is 6.00. The van der Waals surface area contributed by atoms with Gasteiger partial charge in [0.05, 0.1) is 14.2 Å². The number of hydrogen-bond acceptors (Lipinski definition) is 8. The van der Waals surface area contributed by atoms with Crippen LogP contribution >= 0.6 is 0 Å². The molecule has 0 amide bonds. The van der Waals surface area contributed by atoms with Crippen LogP contribution in [0.15, 0.2) is 0 Å². The number of carbonyl (C=O) groups excluding carboxylic acids is 4. The second kappa shape index (κ2) is 14.4. The summed E-state index contributed by atoms with van der Waals surface area (Å²) in [4.78, 5) is 44.6. The fourth-order valence-electron chi connectivity index (χ4n) is 2.28. The van der Waals surface area contributed by atoms with E-state index in [-0.39, 0.29) is 11.8 Å². The van der Waals surface area contributed by atoms with Crippen molar-refractivity contribution in [3.63, 3.8) is 0 Å². The van der Waals surface area contributed by atoms with Crippen LogP contribution in [0.4, 0.5) is 0 Å². The van der Waals surface area contributed by atoms with Crippen molar-refractivity contribution in [2.75, 3.05) is 27.4 Å². The van der Waals surface area contributed by atoms with Gasteiger partial charge in [0.2, 0.25) is 0 Å². The third-order valence-corrected chi connectivity index (χ3v) is 4.34. The number of hydrogen-bond donors (Lipinski definition) is 2. The van der Waals surface area contributed by atoms with Crippen molar-refractivity contribution < 1.29 is 38.9 Å². The van der Waals surface area contributed by atoms with E-state index in [0.29, 0.717) is 12.8 Å². The Bertz CT molecular complexity index is 386. The van der Waals surface area contributed by atoms with Gasteiger partial charge in [-0.2, -0.15) is 0 Å². The zero-order chi connectivity index (χ0) is 20.9. The first kappa shape index (κ1) is 26.4. The molecule has 0 aliphatic rings. The molecule has 0 radical (unpaired) electrons. The van der Waals surface area contributed by atoms with E-state index in [1.54, 1.807) is 13.8 Å². The average Bonchev–Trinajstić information content (AvgIpc) is 2.67. The predicted octanol–water partition coefficient (Wildman–Crippen LogP) is 0.766. The number of carbonyl (C=O) groups is 4. The standard InChI is InChI=1S/2C9H16O4/c2*1-4-6(2)8(7(11)5-10)9(12)13-3/h2*6,8,10H,4-5H2,1-3H3/t2*6-,8?/m10/s1. The fourth-order valence-corrected chi connectivity index (χ4v) is 2.28. The molecular formula is C18H32O8. The number of aliphatic hydroxyl groups excluding tert-OH is 2. The molecule has 0 aromatic rings. The van der Waals surface area contributed by atoms with Crippen molar-refractivity contribution in [3.05, 3.63) is 0 Å². The van der Waals surface area contributed by atoms with Crippen LogP contribution in [-0.4, -0.2) is 61.2 Å². The summed E-state index contributed by atoms with van der Waals surface area (Å²) in [5.41, 5.74) is 0. The number of esters is 2. The number of aliphatic hydroxyl groups is 2. The van der Waals surface area contributed by atoms with Crippen molar-refractivity contribution in [1.82, 2.24) is 0 Å². The molecular weight excluding hydrogens is 344 g/mol. The topological polar surface area (TPSA) is 127 Å². The number of ether oxygens (including phenoxy) is 2. The molecule has 0 fully saturated rings. The highest BCUT2D eigenvalue weighted by Gasteiger charge is 2.32. The van der Waals surface area contributed by atoms with Crippen molar-refractivity contribution in [3.8, 4) is 0 Å². The molecule has 152 valence electrons. The van der Waals surface area contributed by atoms with Gasteiger partial charge < -0.3 is 19.7 Å². The Balaban J connectivity index is 0. The van der Waals surface area contributed by atoms with Crippen LogP contribution < -0.4 is 0 Å². The average molecular weight is 376 g/mol. The molecule has 0 spiro atoms. The third-order valence-electron chi connectivity index (χ3n) is 4.34. The highest BCUT2D eigenvalue weighted by atomic mass is 16.5. The van der Waals surface area contributed by atoms with Crippen LogP contribution in [-0.2, 0) is 28.7 Å². The summed E-state index contributed by atoms with van der Waals surface area (Å²) in [6, 6.07) is 0. The molecule has 0 aliphatic carbocycles. The number of Topliss-reactive ketones (excluding diaryl/α,β-unsaturated/α-hetero) is 2. The molecule has 2 unspecified atom stereocenters. The minimum Gasteiger partial charge on any atom is -0.468 e. The maximum Gasteiger partial charge on any atom is 0.316 e. The van der Waals surface area contributed by atoms with Gasteiger partial charge in [-0.3, -0.25) is 19.2 Å². The number of methoxy groups -OCH3 is 2. The molecule has 26 heavy (non-hydrogen) atoms. The first-order chi connectivity index (χ1) is 12.2. The summed E-state index contributed by atoms with van der Waals surface area (Å²) in [5, 5.41) is 17.3. The molecule has 0 rings (SSSR count). The second-order valence-electron chi connectivity index (χ2n) is 6.02. The van der Waals surface area contributed by atoms with Gasteiger partial charge in [-0.25, -0.2) is 0 Å². The molecule has 0 aliphatic heterocycles. The fraction of sp³-hybridized carbons (Fsp3) is 0.778. The third kappa shape index (κ3) is 8.53. The zero-order valence-electron chi connectivity index (χ0n) is 16.5. The van der Waals surface area contributed by atoms with Gasteiger partial charge in [-0.15, -0.1) is 0 Å². The number of rotatable bonds is 10. The lowest BCUT2D eigenvalue weighted by molar-refractivity contribution is -0.154. The Morgan fingerprint density at radius 2 is 1.00 bits per heavy atom. The van der Waals surface area contributed by atoms with E-state index in [1.807, 2.05) is 13.8 Å². The minimum atomic E-state index is -0.819. The Labute approximate surface area is 154 Å². The maximum atomic E-state index is 11.2. The van der Waals surface area contributed by atoms with Gasteiger partial charge in [0.1, 0.15) is 25.0 Å². The second-order valence-corrected chi connectivity index (χ2v) is 6.02. The van der Waals surface area contributed by atoms with Gasteiger partial charge in [0.15, 0.2) is 11.6 Å². The largest absolute Gasteiger partial charge is 0.468 e. The summed E-state index contributed by atoms with van der Waals surface area (Å²) in [7, 11) is 2.48. The molecule has 0 heterocycles. The summed E-state index contributed by atoms with van der Waals surface area (Å²) < 4.78 is 8.97. The van der Waals surface area contributed by atoms with Crippen molar-refractivity contribution >= 4 is 23.5 Å². The van der Waals surface area contributed by atoms with Gasteiger partial charge in [0, 0.05) is 0 Å². The maximum absolute atomic E-state index is 11.2. The summed E-state index contributed by atoms with van der Waals surface area (Å²) >= 11 is 0. The quantitative estimate of drug-likeness (QED) is 0.423. The van der Waals surface area contributed by atoms with Crippen LogP contribution in [0.3, 0.4) is 0 Å². The zero-order valence-corrected chi connectivity index (χ0v) is 16.5. The lowest BCUT2D eigenvalue weighted by Gasteiger charge is -2.17. The van der Waals surface area contributed by atoms with Crippen LogP contribution in [0.5, 0.6) is 0 Å². The van der Waals surface area contributed by atoms with Crippen molar-refractivity contribution in [2.24, 2.45) is 23.7 Å². The SMILES string of the molecule is CC[C@@H](C)C(C(=O)CO)C(=O)OC.CC[C@H](C)C(C(=O)CO)C(=O)OC. The molecule has 2 N–H and O–H groups in total. The molecule has 8 nitrogen and oxygen atoms in total. The molecule has 0 saturated heterocycles. The summed E-state index contributed by atoms with van der Waals surface area (Å²) in [6.07, 6.45) is 1.40. The normalized spacial score (nSPS) is 14.8. The van der Waals surface area contributed by atoms with Crippen molar-refractivity contribution in [2.45, 2.75) is 40.5 Å². The predicted molar refractivity (Wildman–Crippen MR) is 94.1 cm³/mol. The van der Waals surface area contributed by atoms with E-state index < -0.39 is 48.6 Å². The lowest BCUT2D eigenvalue weighted by atomic mass is 9.88. The van der Waals surface area contributed by atoms with E-state index in [2.05, 4.69) is 9.47 Å². The Kier molecular flexibility index (Phi) is 14.6. The van der Waals surface area contributed by atoms with E-state index in [9.17, 15) is 19.2 Å². The van der Waals surface area contributed by atoms with Gasteiger partial charge in [-0.05, 0) is 11.8 Å². The van der Waals surface area contributed by atoms with Gasteiger partial charge in [0.25, 0.3) is 0 Å². The molecule has 0 bridgehead atoms. The van der Waals surface area contributed by atoms with E-state index in [1.165, 1.54) is 14.2 Å². The smallest absolute Gasteiger partial charge is 0.316 e. The first-order valence-corrected chi connectivity index (χ1v) is 8.59. The monoisotopic (exact) mass is 376 g/mol. The summed E-state index contributed by atoms with van der Waals surface area (Å²) in [6.45, 7) is 6.12. The first-order valence-electron chi connectivity index (χ1n) is 8.59. The molecule has 8 heteroatoms. The van der Waals surface area contributed by atoms with Crippen LogP contribution in [0.1, 0.15) is 40.5 Å². The minimum absolute atomic E-state index is 0.0906. The molecule has 0 aromatic carbocycles. The van der Waals surface area contributed by atoms with Gasteiger partial charge >= 0.3 is 11.9 Å². The Morgan fingerprint density at radius 3 is 1.15 bits per heavy atom. The van der Waals surface area contributed by atoms with Crippen molar-refractivity contribution in [1.29, 1.82) is 0 Å². The molecule has 4 atom stereocenters. The lowest BCUT2D eigenvalue weighted by Crippen LogP contribution is -2.32. The Morgan fingerprint density at radius 1 is 0.731 bits per heavy atom.